The summed E-state index contributed by atoms with van der Waals surface area (Å²) in [4.78, 5) is 11.9. The minimum absolute atomic E-state index is 0.0575. The van der Waals surface area contributed by atoms with Gasteiger partial charge < -0.3 is 10.1 Å². The van der Waals surface area contributed by atoms with Crippen LogP contribution in [0.3, 0.4) is 0 Å². The molecule has 6 heteroatoms. The number of carbonyl (C=O) groups is 1. The summed E-state index contributed by atoms with van der Waals surface area (Å²) >= 11 is 3.38. The smallest absolute Gasteiger partial charge is 0.387 e. The normalized spacial score (nSPS) is 10.5. The Balaban J connectivity index is 1.84. The van der Waals surface area contributed by atoms with E-state index in [0.29, 0.717) is 18.5 Å². The lowest BCUT2D eigenvalue weighted by Crippen LogP contribution is -2.12. The fourth-order valence-electron chi connectivity index (χ4n) is 1.89. The minimum Gasteiger partial charge on any atom is -0.435 e. The van der Waals surface area contributed by atoms with Crippen LogP contribution in [-0.2, 0) is 11.2 Å². The van der Waals surface area contributed by atoms with Crippen molar-refractivity contribution in [1.82, 2.24) is 0 Å². The van der Waals surface area contributed by atoms with Crippen molar-refractivity contribution in [3.63, 3.8) is 0 Å². The number of hydrogen-bond donors (Lipinski definition) is 1. The molecule has 3 nitrogen and oxygen atoms in total. The molecule has 2 rings (SSSR count). The van der Waals surface area contributed by atoms with Crippen molar-refractivity contribution < 1.29 is 18.3 Å². The molecule has 0 aliphatic carbocycles. The van der Waals surface area contributed by atoms with Gasteiger partial charge in [-0.25, -0.2) is 0 Å². The maximum Gasteiger partial charge on any atom is 0.387 e. The Morgan fingerprint density at radius 3 is 2.55 bits per heavy atom. The van der Waals surface area contributed by atoms with Gasteiger partial charge in [0, 0.05) is 16.6 Å². The SMILES string of the molecule is O=C(CCc1cccc(Br)c1)Nc1ccc(OC(F)F)cc1. The summed E-state index contributed by atoms with van der Waals surface area (Å²) in [6.45, 7) is -2.86. The molecular weight excluding hydrogens is 356 g/mol. The topological polar surface area (TPSA) is 38.3 Å². The number of rotatable bonds is 6. The van der Waals surface area contributed by atoms with Crippen LogP contribution in [0.5, 0.6) is 5.75 Å². The number of halogens is 3. The zero-order chi connectivity index (χ0) is 15.9. The van der Waals surface area contributed by atoms with Gasteiger partial charge in [0.05, 0.1) is 0 Å². The molecule has 0 radical (unpaired) electrons. The lowest BCUT2D eigenvalue weighted by Gasteiger charge is -2.08. The van der Waals surface area contributed by atoms with Crippen molar-refractivity contribution >= 4 is 27.5 Å². The first-order valence-corrected chi connectivity index (χ1v) is 7.41. The Morgan fingerprint density at radius 1 is 1.18 bits per heavy atom. The van der Waals surface area contributed by atoms with Crippen LogP contribution in [0, 0.1) is 0 Å². The number of nitrogens with one attached hydrogen (secondary N) is 1. The zero-order valence-electron chi connectivity index (χ0n) is 11.6. The first-order valence-electron chi connectivity index (χ1n) is 6.62. The van der Waals surface area contributed by atoms with E-state index < -0.39 is 6.61 Å². The number of amides is 1. The molecule has 0 spiro atoms. The number of hydrogen-bond acceptors (Lipinski definition) is 2. The fraction of sp³-hybridized carbons (Fsp3) is 0.188. The number of anilines is 1. The predicted octanol–water partition coefficient (Wildman–Crippen LogP) is 4.62. The maximum atomic E-state index is 12.0. The molecule has 2 aromatic rings. The molecule has 0 bridgehead atoms. The van der Waals surface area contributed by atoms with E-state index in [1.165, 1.54) is 24.3 Å². The summed E-state index contributed by atoms with van der Waals surface area (Å²) in [6, 6.07) is 13.6. The van der Waals surface area contributed by atoms with Crippen molar-refractivity contribution in [2.24, 2.45) is 0 Å². The summed E-state index contributed by atoms with van der Waals surface area (Å²) in [5, 5.41) is 2.71. The number of alkyl halides is 2. The number of carbonyl (C=O) groups excluding carboxylic acids is 1. The zero-order valence-corrected chi connectivity index (χ0v) is 13.1. The molecule has 116 valence electrons. The largest absolute Gasteiger partial charge is 0.435 e. The quantitative estimate of drug-likeness (QED) is 0.806. The maximum absolute atomic E-state index is 12.0. The Labute approximate surface area is 135 Å². The van der Waals surface area contributed by atoms with Crippen molar-refractivity contribution in [2.75, 3.05) is 5.32 Å². The van der Waals surface area contributed by atoms with E-state index in [4.69, 9.17) is 0 Å². The molecule has 0 aliphatic rings. The van der Waals surface area contributed by atoms with Gasteiger partial charge in [0.15, 0.2) is 0 Å². The predicted molar refractivity (Wildman–Crippen MR) is 84.2 cm³/mol. The van der Waals surface area contributed by atoms with Crippen molar-refractivity contribution in [3.05, 3.63) is 58.6 Å². The van der Waals surface area contributed by atoms with E-state index in [2.05, 4.69) is 26.0 Å². The second kappa shape index (κ2) is 7.89. The van der Waals surface area contributed by atoms with Crippen LogP contribution >= 0.6 is 15.9 Å². The van der Waals surface area contributed by atoms with E-state index in [9.17, 15) is 13.6 Å². The summed E-state index contributed by atoms with van der Waals surface area (Å²) in [6.07, 6.45) is 0.962. The molecule has 0 fully saturated rings. The van der Waals surface area contributed by atoms with Crippen LogP contribution in [0.2, 0.25) is 0 Å². The van der Waals surface area contributed by atoms with Gasteiger partial charge in [-0.1, -0.05) is 28.1 Å². The number of ether oxygens (including phenoxy) is 1. The van der Waals surface area contributed by atoms with Gasteiger partial charge in [-0.3, -0.25) is 4.79 Å². The molecule has 0 aromatic heterocycles. The monoisotopic (exact) mass is 369 g/mol. The first-order chi connectivity index (χ1) is 10.5. The van der Waals surface area contributed by atoms with E-state index >= 15 is 0 Å². The molecule has 0 saturated heterocycles. The summed E-state index contributed by atoms with van der Waals surface area (Å²) in [5.74, 6) is -0.0790. The fourth-order valence-corrected chi connectivity index (χ4v) is 2.34. The molecule has 1 amide bonds. The van der Waals surface area contributed by atoms with E-state index in [1.807, 2.05) is 24.3 Å². The minimum atomic E-state index is -2.86. The van der Waals surface area contributed by atoms with Gasteiger partial charge in [-0.15, -0.1) is 0 Å². The van der Waals surface area contributed by atoms with E-state index in [1.54, 1.807) is 0 Å². The Bertz CT molecular complexity index is 632. The van der Waals surface area contributed by atoms with Crippen LogP contribution in [-0.4, -0.2) is 12.5 Å². The van der Waals surface area contributed by atoms with Crippen molar-refractivity contribution in [1.29, 1.82) is 0 Å². The number of benzene rings is 2. The highest BCUT2D eigenvalue weighted by Gasteiger charge is 2.06. The molecule has 22 heavy (non-hydrogen) atoms. The van der Waals surface area contributed by atoms with Crippen LogP contribution in [0.15, 0.2) is 53.0 Å². The van der Waals surface area contributed by atoms with Crippen molar-refractivity contribution in [3.8, 4) is 5.75 Å². The standard InChI is InChI=1S/C16H14BrF2NO2/c17-12-3-1-2-11(10-12)4-9-15(21)20-13-5-7-14(8-6-13)22-16(18)19/h1-3,5-8,10,16H,4,9H2,(H,20,21). The third-order valence-electron chi connectivity index (χ3n) is 2.89. The van der Waals surface area contributed by atoms with Crippen molar-refractivity contribution in [2.45, 2.75) is 19.5 Å². The van der Waals surface area contributed by atoms with Crippen LogP contribution < -0.4 is 10.1 Å². The van der Waals surface area contributed by atoms with Gasteiger partial charge in [-0.2, -0.15) is 8.78 Å². The van der Waals surface area contributed by atoms with Crippen LogP contribution in [0.25, 0.3) is 0 Å². The Morgan fingerprint density at radius 2 is 1.91 bits per heavy atom. The molecular formula is C16H14BrF2NO2. The lowest BCUT2D eigenvalue weighted by atomic mass is 10.1. The highest BCUT2D eigenvalue weighted by Crippen LogP contribution is 2.18. The summed E-state index contributed by atoms with van der Waals surface area (Å²) < 4.78 is 29.3. The summed E-state index contributed by atoms with van der Waals surface area (Å²) in [7, 11) is 0. The molecule has 1 N–H and O–H groups in total. The summed E-state index contributed by atoms with van der Waals surface area (Å²) in [5.41, 5.74) is 1.60. The Hall–Kier alpha value is -1.95. The molecule has 0 heterocycles. The van der Waals surface area contributed by atoms with Gasteiger partial charge >= 0.3 is 6.61 Å². The second-order valence-electron chi connectivity index (χ2n) is 4.58. The molecule has 0 saturated carbocycles. The van der Waals surface area contributed by atoms with Crippen LogP contribution in [0.4, 0.5) is 14.5 Å². The van der Waals surface area contributed by atoms with Crippen LogP contribution in [0.1, 0.15) is 12.0 Å². The average Bonchev–Trinajstić information content (AvgIpc) is 2.47. The van der Waals surface area contributed by atoms with Gasteiger partial charge in [-0.05, 0) is 48.4 Å². The lowest BCUT2D eigenvalue weighted by molar-refractivity contribution is -0.116. The molecule has 0 unspecified atom stereocenters. The Kier molecular flexibility index (Phi) is 5.89. The number of aryl methyl sites for hydroxylation is 1. The van der Waals surface area contributed by atoms with E-state index in [0.717, 1.165) is 10.0 Å². The molecule has 0 aliphatic heterocycles. The van der Waals surface area contributed by atoms with E-state index in [-0.39, 0.29) is 11.7 Å². The van der Waals surface area contributed by atoms with Gasteiger partial charge in [0.1, 0.15) is 5.75 Å². The highest BCUT2D eigenvalue weighted by molar-refractivity contribution is 9.10. The highest BCUT2D eigenvalue weighted by atomic mass is 79.9. The van der Waals surface area contributed by atoms with Gasteiger partial charge in [0.2, 0.25) is 5.91 Å². The third-order valence-corrected chi connectivity index (χ3v) is 3.39. The molecule has 0 atom stereocenters. The van der Waals surface area contributed by atoms with Gasteiger partial charge in [0.25, 0.3) is 0 Å². The third kappa shape index (κ3) is 5.44. The molecule has 2 aromatic carbocycles. The second-order valence-corrected chi connectivity index (χ2v) is 5.50. The average molecular weight is 370 g/mol. The first kappa shape index (κ1) is 16.4.